The normalized spacial score (nSPS) is 22.2. The van der Waals surface area contributed by atoms with E-state index in [1.165, 1.54) is 6.07 Å². The second-order valence-electron chi connectivity index (χ2n) is 6.24. The number of nitrogens with zero attached hydrogens (tertiary/aromatic N) is 3. The van der Waals surface area contributed by atoms with Crippen molar-refractivity contribution in [3.8, 4) is 0 Å². The Bertz CT molecular complexity index is 728. The van der Waals surface area contributed by atoms with E-state index in [4.69, 9.17) is 17.3 Å². The first-order chi connectivity index (χ1) is 11.2. The van der Waals surface area contributed by atoms with Gasteiger partial charge >= 0.3 is 6.18 Å². The summed E-state index contributed by atoms with van der Waals surface area (Å²) in [6.07, 6.45) is -0.803. The summed E-state index contributed by atoms with van der Waals surface area (Å²) in [6, 6.07) is 3.94. The highest BCUT2D eigenvalue weighted by molar-refractivity contribution is 6.31. The molecule has 1 aromatic carbocycles. The quantitative estimate of drug-likeness (QED) is 0.917. The topological polar surface area (TPSA) is 47.1 Å². The third-order valence-corrected chi connectivity index (χ3v) is 4.62. The molecule has 0 unspecified atom stereocenters. The minimum atomic E-state index is -4.45. The molecular weight excluding hydrogens is 341 g/mol. The molecule has 1 aliphatic rings. The van der Waals surface area contributed by atoms with Gasteiger partial charge in [0.25, 0.3) is 0 Å². The van der Waals surface area contributed by atoms with Crippen LogP contribution in [0.5, 0.6) is 0 Å². The third-order valence-electron chi connectivity index (χ3n) is 4.29. The van der Waals surface area contributed by atoms with Crippen LogP contribution in [0.25, 0.3) is 0 Å². The lowest BCUT2D eigenvalue weighted by molar-refractivity contribution is -0.137. The first kappa shape index (κ1) is 17.3. The molecule has 24 heavy (non-hydrogen) atoms. The molecule has 130 valence electrons. The van der Waals surface area contributed by atoms with Gasteiger partial charge < -0.3 is 10.3 Å². The van der Waals surface area contributed by atoms with Gasteiger partial charge in [0.2, 0.25) is 0 Å². The molecule has 2 N–H and O–H groups in total. The average Bonchev–Trinajstić information content (AvgIpc) is 3.06. The summed E-state index contributed by atoms with van der Waals surface area (Å²) in [6.45, 7) is 1.69. The second kappa shape index (κ2) is 6.38. The van der Waals surface area contributed by atoms with E-state index >= 15 is 0 Å². The van der Waals surface area contributed by atoms with E-state index in [0.717, 1.165) is 11.8 Å². The van der Waals surface area contributed by atoms with Gasteiger partial charge in [0.15, 0.2) is 0 Å². The zero-order valence-electron chi connectivity index (χ0n) is 13.1. The number of hydrogen-bond donors (Lipinski definition) is 1. The predicted octanol–water partition coefficient (Wildman–Crippen LogP) is 3.02. The van der Waals surface area contributed by atoms with E-state index in [0.29, 0.717) is 25.2 Å². The van der Waals surface area contributed by atoms with Gasteiger partial charge in [-0.05, 0) is 17.7 Å². The summed E-state index contributed by atoms with van der Waals surface area (Å²) in [5, 5.41) is -0.282. The van der Waals surface area contributed by atoms with Crippen molar-refractivity contribution in [2.24, 2.45) is 12.8 Å². The van der Waals surface area contributed by atoms with E-state index in [9.17, 15) is 13.2 Å². The van der Waals surface area contributed by atoms with Crippen LogP contribution in [0.3, 0.4) is 0 Å². The maximum atomic E-state index is 13.0. The van der Waals surface area contributed by atoms with Crippen molar-refractivity contribution in [1.29, 1.82) is 0 Å². The lowest BCUT2D eigenvalue weighted by atomic mass is 10.0. The number of aryl methyl sites for hydroxylation is 1. The van der Waals surface area contributed by atoms with Gasteiger partial charge in [-0.1, -0.05) is 17.7 Å². The number of halogens is 4. The minimum absolute atomic E-state index is 0.0839. The maximum absolute atomic E-state index is 13.0. The Kier molecular flexibility index (Phi) is 4.59. The molecule has 2 atom stereocenters. The molecule has 1 fully saturated rings. The average molecular weight is 359 g/mol. The molecule has 2 aromatic rings. The molecular formula is C16H18ClF3N4. The fourth-order valence-corrected chi connectivity index (χ4v) is 3.35. The Hall–Kier alpha value is -1.57. The molecule has 0 saturated carbocycles. The Morgan fingerprint density at radius 1 is 1.33 bits per heavy atom. The van der Waals surface area contributed by atoms with Crippen LogP contribution in [0.15, 0.2) is 30.7 Å². The highest BCUT2D eigenvalue weighted by Gasteiger charge is 2.35. The van der Waals surface area contributed by atoms with Crippen LogP contribution < -0.4 is 5.73 Å². The van der Waals surface area contributed by atoms with Crippen molar-refractivity contribution in [2.45, 2.75) is 24.7 Å². The second-order valence-corrected chi connectivity index (χ2v) is 6.65. The van der Waals surface area contributed by atoms with Crippen LogP contribution in [0.4, 0.5) is 13.2 Å². The molecule has 1 aliphatic heterocycles. The largest absolute Gasteiger partial charge is 0.417 e. The molecule has 4 nitrogen and oxygen atoms in total. The van der Waals surface area contributed by atoms with Crippen LogP contribution in [0, 0.1) is 0 Å². The highest BCUT2D eigenvalue weighted by atomic mass is 35.5. The predicted molar refractivity (Wildman–Crippen MR) is 85.7 cm³/mol. The van der Waals surface area contributed by atoms with Crippen molar-refractivity contribution >= 4 is 11.6 Å². The van der Waals surface area contributed by atoms with Crippen molar-refractivity contribution < 1.29 is 13.2 Å². The Morgan fingerprint density at radius 2 is 2.08 bits per heavy atom. The smallest absolute Gasteiger partial charge is 0.340 e. The Balaban J connectivity index is 1.73. The van der Waals surface area contributed by atoms with Crippen LogP contribution in [0.1, 0.15) is 22.7 Å². The van der Waals surface area contributed by atoms with Crippen molar-refractivity contribution in [3.63, 3.8) is 0 Å². The lowest BCUT2D eigenvalue weighted by Gasteiger charge is -2.17. The number of rotatable bonds is 3. The Morgan fingerprint density at radius 3 is 2.71 bits per heavy atom. The van der Waals surface area contributed by atoms with Crippen LogP contribution in [0.2, 0.25) is 5.02 Å². The van der Waals surface area contributed by atoms with E-state index in [-0.39, 0.29) is 17.0 Å². The van der Waals surface area contributed by atoms with E-state index in [2.05, 4.69) is 4.98 Å². The number of alkyl halides is 3. The minimum Gasteiger partial charge on any atom is -0.340 e. The van der Waals surface area contributed by atoms with Crippen molar-refractivity contribution in [1.82, 2.24) is 14.5 Å². The summed E-state index contributed by atoms with van der Waals surface area (Å²) in [5.41, 5.74) is 6.88. The van der Waals surface area contributed by atoms with Gasteiger partial charge in [-0.25, -0.2) is 4.98 Å². The van der Waals surface area contributed by atoms with Gasteiger partial charge in [0.1, 0.15) is 0 Å². The molecule has 0 radical (unpaired) electrons. The maximum Gasteiger partial charge on any atom is 0.417 e. The summed E-state index contributed by atoms with van der Waals surface area (Å²) in [4.78, 5) is 6.39. The summed E-state index contributed by atoms with van der Waals surface area (Å²) < 4.78 is 40.7. The molecule has 1 saturated heterocycles. The monoisotopic (exact) mass is 358 g/mol. The van der Waals surface area contributed by atoms with Crippen molar-refractivity contribution in [2.75, 3.05) is 13.1 Å². The number of likely N-dealkylation sites (tertiary alicyclic amines) is 1. The molecule has 2 heterocycles. The fraction of sp³-hybridized carbons (Fsp3) is 0.438. The summed E-state index contributed by atoms with van der Waals surface area (Å²) in [5.74, 6) is 0.0839. The van der Waals surface area contributed by atoms with Crippen LogP contribution >= 0.6 is 11.6 Å². The molecule has 0 amide bonds. The zero-order valence-corrected chi connectivity index (χ0v) is 13.8. The SMILES string of the molecule is Cn1cnc([C@@H]2CN(Cc3ccc(Cl)c(C(F)(F)F)c3)C[C@H]2N)c1. The molecule has 0 spiro atoms. The van der Waals surface area contributed by atoms with E-state index in [1.54, 1.807) is 12.4 Å². The Labute approximate surface area is 143 Å². The van der Waals surface area contributed by atoms with Gasteiger partial charge in [-0.15, -0.1) is 0 Å². The summed E-state index contributed by atoms with van der Waals surface area (Å²) in [7, 11) is 1.89. The number of benzene rings is 1. The van der Waals surface area contributed by atoms with Gasteiger partial charge in [0.05, 0.1) is 22.6 Å². The zero-order chi connectivity index (χ0) is 17.5. The fourth-order valence-electron chi connectivity index (χ4n) is 3.13. The molecule has 3 rings (SSSR count). The number of nitrogens with two attached hydrogens (primary N) is 1. The first-order valence-corrected chi connectivity index (χ1v) is 7.93. The molecule has 0 bridgehead atoms. The van der Waals surface area contributed by atoms with E-state index < -0.39 is 11.7 Å². The van der Waals surface area contributed by atoms with E-state index in [1.807, 2.05) is 22.7 Å². The first-order valence-electron chi connectivity index (χ1n) is 7.55. The summed E-state index contributed by atoms with van der Waals surface area (Å²) >= 11 is 5.66. The van der Waals surface area contributed by atoms with Gasteiger partial charge in [0, 0.05) is 44.8 Å². The molecule has 1 aromatic heterocycles. The highest BCUT2D eigenvalue weighted by Crippen LogP contribution is 2.35. The standard InChI is InChI=1S/C16H18ClF3N4/c1-23-8-15(22-9-23)11-6-24(7-14(11)21)5-10-2-3-13(17)12(4-10)16(18,19)20/h2-4,8-9,11,14H,5-7,21H2,1H3/t11-,14-/m1/s1. The van der Waals surface area contributed by atoms with Crippen LogP contribution in [-0.4, -0.2) is 33.6 Å². The van der Waals surface area contributed by atoms with Gasteiger partial charge in [-0.2, -0.15) is 13.2 Å². The number of imidazole rings is 1. The lowest BCUT2D eigenvalue weighted by Crippen LogP contribution is -2.28. The van der Waals surface area contributed by atoms with Gasteiger partial charge in [-0.3, -0.25) is 4.90 Å². The number of aromatic nitrogens is 2. The van der Waals surface area contributed by atoms with Crippen molar-refractivity contribution in [3.05, 3.63) is 52.6 Å². The van der Waals surface area contributed by atoms with Crippen LogP contribution in [-0.2, 0) is 19.8 Å². The molecule has 0 aliphatic carbocycles. The number of hydrogen-bond acceptors (Lipinski definition) is 3. The third kappa shape index (κ3) is 3.58. The molecule has 8 heteroatoms.